The SMILES string of the molecule is C[S+](=O)(Cc1ccc(C#N)cc1)c1ccccc1.Fc1c(F)c(F)c([B-](F)(F)F)c(F)c1F. The Bertz CT molecular complexity index is 1200. The van der Waals surface area contributed by atoms with Crippen molar-refractivity contribution in [2.45, 2.75) is 10.6 Å². The van der Waals surface area contributed by atoms with E-state index >= 15 is 0 Å². The summed E-state index contributed by atoms with van der Waals surface area (Å²) in [5, 5.41) is 8.73. The molecule has 0 aromatic heterocycles. The van der Waals surface area contributed by atoms with E-state index in [4.69, 9.17) is 5.26 Å². The molecule has 3 aromatic carbocycles. The summed E-state index contributed by atoms with van der Waals surface area (Å²) in [4.78, 5) is 0.870. The van der Waals surface area contributed by atoms with Crippen LogP contribution in [-0.2, 0) is 19.9 Å². The first-order valence-electron chi connectivity index (χ1n) is 9.02. The molecule has 0 saturated heterocycles. The number of benzene rings is 3. The van der Waals surface area contributed by atoms with Crippen LogP contribution in [0.25, 0.3) is 0 Å². The maximum absolute atomic E-state index is 12.6. The van der Waals surface area contributed by atoms with Gasteiger partial charge in [0, 0.05) is 5.56 Å². The molecule has 0 aliphatic heterocycles. The highest BCUT2D eigenvalue weighted by Crippen LogP contribution is 2.22. The maximum atomic E-state index is 12.6. The largest absolute Gasteiger partial charge is 0.515 e. The zero-order chi connectivity index (χ0) is 25.0. The van der Waals surface area contributed by atoms with Gasteiger partial charge in [-0.25, -0.2) is 22.0 Å². The minimum atomic E-state index is -6.30. The van der Waals surface area contributed by atoms with Crippen LogP contribution in [0.15, 0.2) is 59.5 Å². The van der Waals surface area contributed by atoms with Gasteiger partial charge < -0.3 is 12.9 Å². The van der Waals surface area contributed by atoms with Gasteiger partial charge in [0.2, 0.25) is 0 Å². The third-order valence-electron chi connectivity index (χ3n) is 4.34. The summed E-state index contributed by atoms with van der Waals surface area (Å²) in [5.41, 5.74) is -1.11. The van der Waals surface area contributed by atoms with E-state index in [0.29, 0.717) is 11.3 Å². The van der Waals surface area contributed by atoms with Gasteiger partial charge in [-0.15, -0.1) is 0 Å². The molecule has 33 heavy (non-hydrogen) atoms. The molecular formula is C21H14BF8NOS. The van der Waals surface area contributed by atoms with Crippen LogP contribution in [0.3, 0.4) is 0 Å². The van der Waals surface area contributed by atoms with Crippen LogP contribution in [0, 0.1) is 40.4 Å². The molecule has 1 unspecified atom stereocenters. The molecule has 12 heteroatoms. The molecule has 0 radical (unpaired) electrons. The molecule has 0 bridgehead atoms. The van der Waals surface area contributed by atoms with E-state index in [1.807, 2.05) is 42.5 Å². The highest BCUT2D eigenvalue weighted by molar-refractivity contribution is 8.01. The average Bonchev–Trinajstić information content (AvgIpc) is 2.77. The van der Waals surface area contributed by atoms with Crippen molar-refractivity contribution in [3.8, 4) is 6.07 Å². The second-order valence-corrected chi connectivity index (χ2v) is 9.60. The normalized spacial score (nSPS) is 12.8. The molecule has 0 saturated carbocycles. The molecule has 174 valence electrons. The Morgan fingerprint density at radius 2 is 1.24 bits per heavy atom. The smallest absolute Gasteiger partial charge is 0.445 e. The molecule has 0 N–H and O–H groups in total. The van der Waals surface area contributed by atoms with Gasteiger partial charge in [0.1, 0.15) is 33.6 Å². The first kappa shape index (κ1) is 26.1. The summed E-state index contributed by atoms with van der Waals surface area (Å²) in [6.45, 7) is -6.30. The molecule has 3 rings (SSSR count). The van der Waals surface area contributed by atoms with Crippen molar-refractivity contribution in [3.63, 3.8) is 0 Å². The lowest BCUT2D eigenvalue weighted by Gasteiger charge is -2.17. The molecule has 0 heterocycles. The molecule has 0 fully saturated rings. The summed E-state index contributed by atoms with van der Waals surface area (Å²) in [6.07, 6.45) is 1.78. The van der Waals surface area contributed by atoms with Crippen LogP contribution in [0.5, 0.6) is 0 Å². The first-order chi connectivity index (χ1) is 15.3. The monoisotopic (exact) mass is 491 g/mol. The van der Waals surface area contributed by atoms with Crippen molar-refractivity contribution in [1.29, 1.82) is 5.26 Å². The second kappa shape index (κ2) is 10.2. The minimum absolute atomic E-state index is 0.503. The molecule has 1 atom stereocenters. The summed E-state index contributed by atoms with van der Waals surface area (Å²) in [7, 11) is -2.07. The molecule has 2 nitrogen and oxygen atoms in total. The van der Waals surface area contributed by atoms with Crippen LogP contribution in [0.2, 0.25) is 0 Å². The topological polar surface area (TPSA) is 40.9 Å². The molecular weight excluding hydrogens is 477 g/mol. The van der Waals surface area contributed by atoms with Gasteiger partial charge in [-0.3, -0.25) is 0 Å². The summed E-state index contributed by atoms with van der Waals surface area (Å²) in [5.74, 6) is -13.1. The Hall–Kier alpha value is -3.20. The van der Waals surface area contributed by atoms with E-state index in [2.05, 4.69) is 6.07 Å². The van der Waals surface area contributed by atoms with E-state index in [9.17, 15) is 39.1 Å². The van der Waals surface area contributed by atoms with E-state index in [1.165, 1.54) is 0 Å². The van der Waals surface area contributed by atoms with Crippen molar-refractivity contribution in [2.75, 3.05) is 6.26 Å². The van der Waals surface area contributed by atoms with Gasteiger partial charge in [-0.1, -0.05) is 34.5 Å². The average molecular weight is 491 g/mol. The van der Waals surface area contributed by atoms with Crippen molar-refractivity contribution < 1.29 is 39.1 Å². The lowest BCUT2D eigenvalue weighted by atomic mass is 9.79. The van der Waals surface area contributed by atoms with E-state index < -0.39 is 51.5 Å². The standard InChI is InChI=1S/C15H14NOS.C6BF8/c1-18(17,15-5-3-2-4-6-15)12-14-9-7-13(11-16)8-10-14;8-2-1(7(13,14)15)3(9)5(11)6(12)4(2)10/h2-10H,12H2,1H3;/q+1;-1. The van der Waals surface area contributed by atoms with Gasteiger partial charge in [0.25, 0.3) is 0 Å². The Labute approximate surface area is 185 Å². The van der Waals surface area contributed by atoms with Crippen LogP contribution in [0.1, 0.15) is 11.1 Å². The third kappa shape index (κ3) is 6.19. The summed E-state index contributed by atoms with van der Waals surface area (Å²) >= 11 is 0. The number of nitrogens with zero attached hydrogens (tertiary/aromatic N) is 1. The number of halogens is 8. The van der Waals surface area contributed by atoms with Crippen molar-refractivity contribution >= 4 is 22.4 Å². The molecule has 0 spiro atoms. The third-order valence-corrected chi connectivity index (χ3v) is 6.49. The number of rotatable bonds is 4. The predicted octanol–water partition coefficient (Wildman–Crippen LogP) is 5.68. The predicted molar refractivity (Wildman–Crippen MR) is 108 cm³/mol. The van der Waals surface area contributed by atoms with Gasteiger partial charge in [-0.2, -0.15) is 5.26 Å². The van der Waals surface area contributed by atoms with Crippen LogP contribution < -0.4 is 5.46 Å². The van der Waals surface area contributed by atoms with E-state index in [0.717, 1.165) is 10.5 Å². The highest BCUT2D eigenvalue weighted by atomic mass is 32.2. The zero-order valence-corrected chi connectivity index (χ0v) is 17.6. The highest BCUT2D eigenvalue weighted by Gasteiger charge is 2.37. The van der Waals surface area contributed by atoms with Crippen LogP contribution in [0.4, 0.5) is 34.9 Å². The van der Waals surface area contributed by atoms with E-state index in [1.54, 1.807) is 18.4 Å². The Balaban J connectivity index is 0.000000238. The van der Waals surface area contributed by atoms with Gasteiger partial charge in [0.15, 0.2) is 22.3 Å². The summed E-state index contributed by atoms with van der Waals surface area (Å²) < 4.78 is 110. The van der Waals surface area contributed by atoms with Gasteiger partial charge in [-0.05, 0) is 29.7 Å². The van der Waals surface area contributed by atoms with Crippen LogP contribution >= 0.6 is 0 Å². The fourth-order valence-corrected chi connectivity index (χ4v) is 4.42. The van der Waals surface area contributed by atoms with Gasteiger partial charge in [0.05, 0.1) is 11.6 Å². The summed E-state index contributed by atoms with van der Waals surface area (Å²) in [6, 6.07) is 18.8. The fourth-order valence-electron chi connectivity index (χ4n) is 2.69. The van der Waals surface area contributed by atoms with Crippen LogP contribution in [-0.4, -0.2) is 13.2 Å². The zero-order valence-electron chi connectivity index (χ0n) is 16.8. The number of nitriles is 1. The second-order valence-electron chi connectivity index (χ2n) is 6.83. The molecule has 3 aromatic rings. The Morgan fingerprint density at radius 3 is 1.67 bits per heavy atom. The van der Waals surface area contributed by atoms with Crippen molar-refractivity contribution in [1.82, 2.24) is 0 Å². The molecule has 0 amide bonds. The molecule has 0 aliphatic rings. The minimum Gasteiger partial charge on any atom is -0.445 e. The first-order valence-corrected chi connectivity index (χ1v) is 11.2. The number of hydrogen-bond acceptors (Lipinski definition) is 2. The Morgan fingerprint density at radius 1 is 0.788 bits per heavy atom. The van der Waals surface area contributed by atoms with E-state index in [-0.39, 0.29) is 0 Å². The van der Waals surface area contributed by atoms with Crippen molar-refractivity contribution in [2.24, 2.45) is 0 Å². The lowest BCUT2D eigenvalue weighted by molar-refractivity contribution is 0.377. The van der Waals surface area contributed by atoms with Gasteiger partial charge >= 0.3 is 6.98 Å². The fraction of sp³-hybridized carbons (Fsp3) is 0.0952. The lowest BCUT2D eigenvalue weighted by Crippen LogP contribution is -2.41. The number of hydrogen-bond donors (Lipinski definition) is 0. The Kier molecular flexibility index (Phi) is 8.03. The molecule has 0 aliphatic carbocycles. The van der Waals surface area contributed by atoms with Crippen molar-refractivity contribution in [3.05, 3.63) is 94.8 Å². The quantitative estimate of drug-likeness (QED) is 0.155. The maximum Gasteiger partial charge on any atom is 0.515 e.